The molecule has 1 aliphatic carbocycles. The first kappa shape index (κ1) is 17.2. The maximum atomic E-state index is 5.94. The first-order valence-corrected chi connectivity index (χ1v) is 9.75. The molecule has 2 nitrogen and oxygen atoms in total. The van der Waals surface area contributed by atoms with Crippen molar-refractivity contribution in [2.75, 3.05) is 5.32 Å². The molecule has 136 valence electrons. The molecule has 2 heteroatoms. The van der Waals surface area contributed by atoms with Crippen molar-refractivity contribution in [1.82, 2.24) is 0 Å². The van der Waals surface area contributed by atoms with Gasteiger partial charge in [0.2, 0.25) is 0 Å². The van der Waals surface area contributed by atoms with Gasteiger partial charge in [0, 0.05) is 11.6 Å². The SMILES string of the molecule is Cc1cc(C)c(C2Nc3ccc(OC(C)C)cc3C3C=CCC32)c(C)c1. The molecule has 26 heavy (non-hydrogen) atoms. The summed E-state index contributed by atoms with van der Waals surface area (Å²) in [5.41, 5.74) is 8.24. The predicted molar refractivity (Wildman–Crippen MR) is 109 cm³/mol. The summed E-state index contributed by atoms with van der Waals surface area (Å²) in [5.74, 6) is 2.00. The van der Waals surface area contributed by atoms with Gasteiger partial charge in [-0.3, -0.25) is 0 Å². The molecule has 0 saturated heterocycles. The second kappa shape index (κ2) is 6.50. The third-order valence-corrected chi connectivity index (χ3v) is 5.76. The third-order valence-electron chi connectivity index (χ3n) is 5.76. The molecule has 0 amide bonds. The van der Waals surface area contributed by atoms with Crippen molar-refractivity contribution in [3.63, 3.8) is 0 Å². The van der Waals surface area contributed by atoms with E-state index in [1.165, 1.54) is 33.5 Å². The fraction of sp³-hybridized carbons (Fsp3) is 0.417. The minimum atomic E-state index is 0.199. The van der Waals surface area contributed by atoms with Crippen molar-refractivity contribution >= 4 is 5.69 Å². The standard InChI is InChI=1S/C24H29NO/c1-14(2)26-18-9-10-22-21(13-18)19-7-6-8-20(19)24(25-22)23-16(4)11-15(3)12-17(23)5/h6-7,9-14,19-20,24-25H,8H2,1-5H3. The van der Waals surface area contributed by atoms with Gasteiger partial charge in [-0.1, -0.05) is 29.8 Å². The van der Waals surface area contributed by atoms with Gasteiger partial charge >= 0.3 is 0 Å². The number of hydrogen-bond acceptors (Lipinski definition) is 2. The molecule has 4 rings (SSSR count). The first-order chi connectivity index (χ1) is 12.4. The molecule has 1 heterocycles. The lowest BCUT2D eigenvalue weighted by atomic mass is 9.75. The van der Waals surface area contributed by atoms with Crippen LogP contribution in [-0.2, 0) is 0 Å². The van der Waals surface area contributed by atoms with Gasteiger partial charge in [0.15, 0.2) is 0 Å². The van der Waals surface area contributed by atoms with E-state index < -0.39 is 0 Å². The average Bonchev–Trinajstić information content (AvgIpc) is 3.03. The molecule has 0 radical (unpaired) electrons. The molecule has 0 aromatic heterocycles. The van der Waals surface area contributed by atoms with Gasteiger partial charge in [-0.25, -0.2) is 0 Å². The van der Waals surface area contributed by atoms with Crippen molar-refractivity contribution in [3.05, 3.63) is 70.3 Å². The fourth-order valence-corrected chi connectivity index (χ4v) is 4.89. The number of allylic oxidation sites excluding steroid dienone is 2. The Morgan fingerprint density at radius 2 is 1.77 bits per heavy atom. The minimum absolute atomic E-state index is 0.199. The summed E-state index contributed by atoms with van der Waals surface area (Å²) in [7, 11) is 0. The van der Waals surface area contributed by atoms with Crippen LogP contribution in [0.5, 0.6) is 5.75 Å². The maximum Gasteiger partial charge on any atom is 0.120 e. The second-order valence-corrected chi connectivity index (χ2v) is 8.20. The van der Waals surface area contributed by atoms with Gasteiger partial charge in [0.25, 0.3) is 0 Å². The largest absolute Gasteiger partial charge is 0.491 e. The summed E-state index contributed by atoms with van der Waals surface area (Å²) >= 11 is 0. The Labute approximate surface area is 157 Å². The Hall–Kier alpha value is -2.22. The van der Waals surface area contributed by atoms with E-state index in [-0.39, 0.29) is 6.10 Å². The van der Waals surface area contributed by atoms with Crippen LogP contribution in [-0.4, -0.2) is 6.10 Å². The van der Waals surface area contributed by atoms with Crippen LogP contribution in [0.3, 0.4) is 0 Å². The molecule has 0 bridgehead atoms. The molecule has 2 aliphatic rings. The van der Waals surface area contributed by atoms with Gasteiger partial charge in [-0.2, -0.15) is 0 Å². The summed E-state index contributed by atoms with van der Waals surface area (Å²) in [4.78, 5) is 0. The number of hydrogen-bond donors (Lipinski definition) is 1. The summed E-state index contributed by atoms with van der Waals surface area (Å²) < 4.78 is 5.94. The highest BCUT2D eigenvalue weighted by Gasteiger charge is 2.39. The Bertz CT molecular complexity index is 842. The number of benzene rings is 2. The second-order valence-electron chi connectivity index (χ2n) is 8.20. The van der Waals surface area contributed by atoms with E-state index in [0.29, 0.717) is 17.9 Å². The number of aryl methyl sites for hydroxylation is 3. The van der Waals surface area contributed by atoms with Gasteiger partial charge < -0.3 is 10.1 Å². The van der Waals surface area contributed by atoms with Crippen LogP contribution in [0.4, 0.5) is 5.69 Å². The molecule has 0 spiro atoms. The zero-order valence-corrected chi connectivity index (χ0v) is 16.5. The number of ether oxygens (including phenoxy) is 1. The fourth-order valence-electron chi connectivity index (χ4n) is 4.89. The summed E-state index contributed by atoms with van der Waals surface area (Å²) in [6, 6.07) is 11.5. The van der Waals surface area contributed by atoms with Crippen LogP contribution in [0.15, 0.2) is 42.5 Å². The molecule has 0 fully saturated rings. The van der Waals surface area contributed by atoms with E-state index >= 15 is 0 Å². The molecular formula is C24H29NO. The summed E-state index contributed by atoms with van der Waals surface area (Å²) in [6.07, 6.45) is 6.08. The highest BCUT2D eigenvalue weighted by Crippen LogP contribution is 2.51. The molecule has 1 aliphatic heterocycles. The predicted octanol–water partition coefficient (Wildman–Crippen LogP) is 6.23. The molecular weight excluding hydrogens is 318 g/mol. The van der Waals surface area contributed by atoms with E-state index in [4.69, 9.17) is 4.74 Å². The third kappa shape index (κ3) is 2.92. The Morgan fingerprint density at radius 3 is 2.46 bits per heavy atom. The highest BCUT2D eigenvalue weighted by atomic mass is 16.5. The number of fused-ring (bicyclic) bond motifs is 3. The molecule has 1 N–H and O–H groups in total. The molecule has 2 aromatic carbocycles. The quantitative estimate of drug-likeness (QED) is 0.665. The van der Waals surface area contributed by atoms with E-state index in [1.807, 2.05) is 0 Å². The average molecular weight is 348 g/mol. The number of anilines is 1. The zero-order valence-electron chi connectivity index (χ0n) is 16.5. The van der Waals surface area contributed by atoms with Crippen molar-refractivity contribution in [2.24, 2.45) is 5.92 Å². The number of nitrogens with one attached hydrogen (secondary N) is 1. The van der Waals surface area contributed by atoms with Crippen molar-refractivity contribution in [1.29, 1.82) is 0 Å². The Balaban J connectivity index is 1.76. The van der Waals surface area contributed by atoms with Crippen LogP contribution in [0.1, 0.15) is 60.0 Å². The van der Waals surface area contributed by atoms with Gasteiger partial charge in [0.05, 0.1) is 12.1 Å². The van der Waals surface area contributed by atoms with Crippen LogP contribution in [0, 0.1) is 26.7 Å². The minimum Gasteiger partial charge on any atom is -0.491 e. The van der Waals surface area contributed by atoms with Crippen LogP contribution in [0.2, 0.25) is 0 Å². The number of rotatable bonds is 3. The van der Waals surface area contributed by atoms with Crippen molar-refractivity contribution in [2.45, 2.75) is 59.1 Å². The maximum absolute atomic E-state index is 5.94. The monoisotopic (exact) mass is 347 g/mol. The Kier molecular flexibility index (Phi) is 4.30. The van der Waals surface area contributed by atoms with E-state index in [9.17, 15) is 0 Å². The van der Waals surface area contributed by atoms with E-state index in [1.54, 1.807) is 0 Å². The van der Waals surface area contributed by atoms with Crippen molar-refractivity contribution < 1.29 is 4.74 Å². The normalized spacial score (nSPS) is 23.5. The topological polar surface area (TPSA) is 21.3 Å². The summed E-state index contributed by atoms with van der Waals surface area (Å²) in [5, 5.41) is 3.87. The first-order valence-electron chi connectivity index (χ1n) is 9.75. The Morgan fingerprint density at radius 1 is 1.04 bits per heavy atom. The zero-order chi connectivity index (χ0) is 18.4. The van der Waals surface area contributed by atoms with Crippen LogP contribution in [0.25, 0.3) is 0 Å². The lowest BCUT2D eigenvalue weighted by Crippen LogP contribution is -2.30. The van der Waals surface area contributed by atoms with Crippen molar-refractivity contribution in [3.8, 4) is 5.75 Å². The molecule has 3 unspecified atom stereocenters. The van der Waals surface area contributed by atoms with Gasteiger partial charge in [-0.05, 0) is 87.4 Å². The molecule has 3 atom stereocenters. The van der Waals surface area contributed by atoms with Crippen LogP contribution < -0.4 is 10.1 Å². The lowest BCUT2D eigenvalue weighted by Gasteiger charge is -2.39. The molecule has 0 saturated carbocycles. The van der Waals surface area contributed by atoms with E-state index in [0.717, 1.165) is 12.2 Å². The van der Waals surface area contributed by atoms with Gasteiger partial charge in [-0.15, -0.1) is 0 Å². The smallest absolute Gasteiger partial charge is 0.120 e. The van der Waals surface area contributed by atoms with E-state index in [2.05, 4.69) is 82.4 Å². The van der Waals surface area contributed by atoms with Crippen LogP contribution >= 0.6 is 0 Å². The highest BCUT2D eigenvalue weighted by molar-refractivity contribution is 5.62. The molecule has 2 aromatic rings. The lowest BCUT2D eigenvalue weighted by molar-refractivity contribution is 0.242. The summed E-state index contributed by atoms with van der Waals surface area (Å²) in [6.45, 7) is 10.8. The van der Waals surface area contributed by atoms with Gasteiger partial charge in [0.1, 0.15) is 5.75 Å².